The molecule has 0 unspecified atom stereocenters. The molecule has 0 saturated carbocycles. The van der Waals surface area contributed by atoms with E-state index in [1.807, 2.05) is 0 Å². The summed E-state index contributed by atoms with van der Waals surface area (Å²) >= 11 is 0. The van der Waals surface area contributed by atoms with E-state index in [2.05, 4.69) is 0 Å². The Morgan fingerprint density at radius 2 is 0.720 bits per heavy atom. The molecule has 0 aliphatic carbocycles. The summed E-state index contributed by atoms with van der Waals surface area (Å²) in [5, 5.41) is 35.1. The van der Waals surface area contributed by atoms with Crippen LogP contribution in [-0.2, 0) is 19.2 Å². The fraction of sp³-hybridized carbons (Fsp3) is 0.636. The summed E-state index contributed by atoms with van der Waals surface area (Å²) in [6.07, 6.45) is -3.69. The van der Waals surface area contributed by atoms with Gasteiger partial charge in [-0.1, -0.05) is 0 Å². The summed E-state index contributed by atoms with van der Waals surface area (Å²) in [5.41, 5.74) is 7.72. The Morgan fingerprint density at radius 3 is 0.840 bits per heavy atom. The number of carboxylic acids is 4. The summed E-state index contributed by atoms with van der Waals surface area (Å²) in [6.45, 7) is 0. The number of hydrogen-bond acceptors (Lipinski definition) is 10. The van der Waals surface area contributed by atoms with Gasteiger partial charge in [-0.2, -0.15) is 0 Å². The zero-order chi connectivity index (χ0) is 16.8. The maximum Gasteiger partial charge on any atom is 0.305 e. The van der Waals surface area contributed by atoms with Gasteiger partial charge in [0.2, 0.25) is 0 Å². The van der Waals surface area contributed by atoms with Crippen molar-refractivity contribution in [2.75, 3.05) is 0 Å². The number of carbonyl (C=O) groups is 4. The van der Waals surface area contributed by atoms with E-state index in [-0.39, 0.29) is 24.6 Å². The van der Waals surface area contributed by atoms with Crippen LogP contribution in [0.4, 0.5) is 0 Å². The van der Waals surface area contributed by atoms with E-state index < -0.39 is 67.1 Å². The lowest BCUT2D eigenvalue weighted by Gasteiger charge is -2.36. The Morgan fingerprint density at radius 1 is 0.560 bits per heavy atom. The van der Waals surface area contributed by atoms with Crippen molar-refractivity contribution in [2.45, 2.75) is 43.2 Å². The summed E-state index contributed by atoms with van der Waals surface area (Å²) in [5.74, 6) is -5.59. The molecule has 0 rings (SSSR count). The van der Waals surface area contributed by atoms with Gasteiger partial charge in [-0.05, 0) is 6.42 Å². The molecule has 0 heterocycles. The molecule has 20 N–H and O–H groups in total. The first-order chi connectivity index (χ1) is 9.37. The van der Waals surface area contributed by atoms with Gasteiger partial charge >= 0.3 is 23.9 Å². The second-order valence-corrected chi connectivity index (χ2v) is 5.18. The lowest BCUT2D eigenvalue weighted by molar-refractivity contribution is -0.141. The SMILES string of the molecule is N.N.N.N.NC(CC(=O)O)(CC(=O)O)CC(N)(CC(=O)O)CC(=O)O. The van der Waals surface area contributed by atoms with E-state index in [1.165, 1.54) is 0 Å². The smallest absolute Gasteiger partial charge is 0.305 e. The number of aliphatic carboxylic acids is 4. The molecule has 0 atom stereocenters. The molecule has 25 heavy (non-hydrogen) atoms. The molecular formula is C11H30N6O8. The molecule has 0 saturated heterocycles. The van der Waals surface area contributed by atoms with Crippen molar-refractivity contribution < 1.29 is 39.6 Å². The zero-order valence-electron chi connectivity index (χ0n) is 13.9. The predicted octanol–water partition coefficient (Wildman–Crippen LogP) is -0.682. The van der Waals surface area contributed by atoms with Crippen LogP contribution in [-0.4, -0.2) is 55.4 Å². The lowest BCUT2D eigenvalue weighted by Crippen LogP contribution is -2.55. The van der Waals surface area contributed by atoms with Gasteiger partial charge in [0, 0.05) is 11.1 Å². The predicted molar refractivity (Wildman–Crippen MR) is 87.6 cm³/mol. The first-order valence-corrected chi connectivity index (χ1v) is 5.82. The lowest BCUT2D eigenvalue weighted by atomic mass is 9.76. The highest BCUT2D eigenvalue weighted by Crippen LogP contribution is 2.28. The van der Waals surface area contributed by atoms with Crippen molar-refractivity contribution in [1.29, 1.82) is 0 Å². The molecule has 0 aliphatic rings. The van der Waals surface area contributed by atoms with Crippen molar-refractivity contribution in [1.82, 2.24) is 24.6 Å². The van der Waals surface area contributed by atoms with Crippen molar-refractivity contribution >= 4 is 23.9 Å². The molecule has 0 radical (unpaired) electrons. The van der Waals surface area contributed by atoms with Gasteiger partial charge in [0.25, 0.3) is 0 Å². The molecule has 0 aromatic carbocycles. The van der Waals surface area contributed by atoms with Crippen molar-refractivity contribution in [3.05, 3.63) is 0 Å². The highest BCUT2D eigenvalue weighted by Gasteiger charge is 2.42. The van der Waals surface area contributed by atoms with Crippen molar-refractivity contribution in [2.24, 2.45) is 11.5 Å². The monoisotopic (exact) mass is 374 g/mol. The van der Waals surface area contributed by atoms with Crippen molar-refractivity contribution in [3.8, 4) is 0 Å². The minimum absolute atomic E-state index is 0. The van der Waals surface area contributed by atoms with E-state index in [0.29, 0.717) is 0 Å². The summed E-state index contributed by atoms with van der Waals surface area (Å²) in [7, 11) is 0. The van der Waals surface area contributed by atoms with Crippen LogP contribution in [0.25, 0.3) is 0 Å². The van der Waals surface area contributed by atoms with Gasteiger partial charge in [0.1, 0.15) is 0 Å². The third-order valence-electron chi connectivity index (χ3n) is 2.72. The van der Waals surface area contributed by atoms with Crippen LogP contribution >= 0.6 is 0 Å². The molecule has 0 aliphatic heterocycles. The molecule has 0 bridgehead atoms. The van der Waals surface area contributed by atoms with Crippen LogP contribution < -0.4 is 36.1 Å². The maximum atomic E-state index is 10.8. The summed E-state index contributed by atoms with van der Waals surface area (Å²) in [6, 6.07) is 0. The molecule has 0 aromatic heterocycles. The average Bonchev–Trinajstić information content (AvgIpc) is 2.07. The van der Waals surface area contributed by atoms with E-state index in [4.69, 9.17) is 31.9 Å². The fourth-order valence-electron chi connectivity index (χ4n) is 2.28. The van der Waals surface area contributed by atoms with E-state index in [9.17, 15) is 19.2 Å². The highest BCUT2D eigenvalue weighted by molar-refractivity contribution is 5.75. The van der Waals surface area contributed by atoms with Crippen LogP contribution in [0.3, 0.4) is 0 Å². The van der Waals surface area contributed by atoms with Crippen LogP contribution in [0.5, 0.6) is 0 Å². The number of carboxylic acid groups (broad SMARTS) is 4. The Hall–Kier alpha value is -2.36. The van der Waals surface area contributed by atoms with E-state index in [0.717, 1.165) is 0 Å². The molecule has 152 valence electrons. The van der Waals surface area contributed by atoms with E-state index >= 15 is 0 Å². The third kappa shape index (κ3) is 14.9. The fourth-order valence-corrected chi connectivity index (χ4v) is 2.28. The molecule has 0 fully saturated rings. The average molecular weight is 374 g/mol. The van der Waals surface area contributed by atoms with Crippen LogP contribution in [0.2, 0.25) is 0 Å². The minimum atomic E-state index is -1.85. The number of nitrogens with two attached hydrogens (primary N) is 2. The highest BCUT2D eigenvalue weighted by atomic mass is 16.4. The van der Waals surface area contributed by atoms with Gasteiger partial charge in [-0.25, -0.2) is 0 Å². The molecular weight excluding hydrogens is 344 g/mol. The topological polar surface area (TPSA) is 341 Å². The first-order valence-electron chi connectivity index (χ1n) is 5.82. The van der Waals surface area contributed by atoms with Gasteiger partial charge in [0.15, 0.2) is 0 Å². The Labute approximate surface area is 143 Å². The second-order valence-electron chi connectivity index (χ2n) is 5.18. The molecule has 0 aromatic rings. The Kier molecular flexibility index (Phi) is 17.7. The first kappa shape index (κ1) is 34.1. The molecule has 0 amide bonds. The Balaban J connectivity index is -0.000000333. The Bertz CT molecular complexity index is 386. The largest absolute Gasteiger partial charge is 0.481 e. The van der Waals surface area contributed by atoms with Crippen LogP contribution in [0, 0.1) is 0 Å². The quantitative estimate of drug-likeness (QED) is 0.226. The minimum Gasteiger partial charge on any atom is -0.481 e. The zero-order valence-corrected chi connectivity index (χ0v) is 13.9. The van der Waals surface area contributed by atoms with Gasteiger partial charge in [-0.3, -0.25) is 19.2 Å². The summed E-state index contributed by atoms with van der Waals surface area (Å²) < 4.78 is 0. The normalized spacial score (nSPS) is 10.0. The van der Waals surface area contributed by atoms with Gasteiger partial charge in [0.05, 0.1) is 25.7 Å². The molecule has 14 nitrogen and oxygen atoms in total. The van der Waals surface area contributed by atoms with Crippen LogP contribution in [0.15, 0.2) is 0 Å². The third-order valence-corrected chi connectivity index (χ3v) is 2.72. The van der Waals surface area contributed by atoms with Gasteiger partial charge < -0.3 is 56.5 Å². The second kappa shape index (κ2) is 13.0. The number of hydrogen-bond donors (Lipinski definition) is 10. The van der Waals surface area contributed by atoms with Crippen LogP contribution in [0.1, 0.15) is 32.1 Å². The standard InChI is InChI=1S/C11H18N2O8.4H3N/c12-10(1-6(14)15,2-7(16)17)5-11(13,3-8(18)19)4-9(20)21;;;;/h1-5,12-13H2,(H,14,15)(H,16,17)(H,18,19)(H,20,21);4*1H3. The maximum absolute atomic E-state index is 10.8. The number of rotatable bonds is 10. The summed E-state index contributed by atoms with van der Waals surface area (Å²) in [4.78, 5) is 43.1. The van der Waals surface area contributed by atoms with Gasteiger partial charge in [-0.15, -0.1) is 0 Å². The molecule has 0 spiro atoms. The van der Waals surface area contributed by atoms with E-state index in [1.54, 1.807) is 0 Å². The van der Waals surface area contributed by atoms with Crippen molar-refractivity contribution in [3.63, 3.8) is 0 Å². The molecule has 14 heteroatoms.